The summed E-state index contributed by atoms with van der Waals surface area (Å²) in [6, 6.07) is 12.1. The highest BCUT2D eigenvalue weighted by atomic mass is 32.2. The minimum Gasteiger partial charge on any atom is -0.495 e. The van der Waals surface area contributed by atoms with E-state index < -0.39 is 10.9 Å². The number of hydrogen-bond acceptors (Lipinski definition) is 8. The van der Waals surface area contributed by atoms with Gasteiger partial charge in [-0.25, -0.2) is 0 Å². The third kappa shape index (κ3) is 5.50. The molecule has 0 atom stereocenters. The fourth-order valence-corrected chi connectivity index (χ4v) is 4.28. The normalized spacial score (nSPS) is 13.6. The number of esters is 1. The average Bonchev–Trinajstić information content (AvgIpc) is 2.82. The van der Waals surface area contributed by atoms with Crippen LogP contribution in [0.15, 0.2) is 47.4 Å². The van der Waals surface area contributed by atoms with Gasteiger partial charge in [-0.05, 0) is 31.2 Å². The highest BCUT2D eigenvalue weighted by Gasteiger charge is 2.26. The Hall–Kier alpha value is -3.27. The molecule has 2 aromatic carbocycles. The topological polar surface area (TPSA) is 102 Å². The van der Waals surface area contributed by atoms with Crippen LogP contribution >= 0.6 is 11.8 Å². The van der Waals surface area contributed by atoms with Crippen LogP contribution in [0.2, 0.25) is 0 Å². The highest BCUT2D eigenvalue weighted by molar-refractivity contribution is 8.00. The zero-order valence-electron chi connectivity index (χ0n) is 18.0. The van der Waals surface area contributed by atoms with Crippen molar-refractivity contribution in [3.63, 3.8) is 0 Å². The van der Waals surface area contributed by atoms with Gasteiger partial charge in [-0.2, -0.15) is 0 Å². The van der Waals surface area contributed by atoms with Gasteiger partial charge in [-0.3, -0.25) is 19.7 Å². The number of thioether (sulfide) groups is 1. The molecule has 1 aliphatic heterocycles. The highest BCUT2D eigenvalue weighted by Crippen LogP contribution is 2.31. The lowest BCUT2D eigenvalue weighted by Gasteiger charge is -2.36. The molecular weight excluding hydrogens is 434 g/mol. The monoisotopic (exact) mass is 459 g/mol. The summed E-state index contributed by atoms with van der Waals surface area (Å²) in [4.78, 5) is 39.7. The summed E-state index contributed by atoms with van der Waals surface area (Å²) in [5.74, 6) is 0.0424. The molecule has 32 heavy (non-hydrogen) atoms. The zero-order valence-corrected chi connectivity index (χ0v) is 18.8. The molecule has 0 unspecified atom stereocenters. The summed E-state index contributed by atoms with van der Waals surface area (Å²) in [5.41, 5.74) is 1.03. The van der Waals surface area contributed by atoms with Crippen LogP contribution in [0, 0.1) is 10.1 Å². The van der Waals surface area contributed by atoms with Crippen LogP contribution in [0.4, 0.5) is 11.4 Å². The maximum Gasteiger partial charge on any atom is 0.316 e. The van der Waals surface area contributed by atoms with Gasteiger partial charge in [0.15, 0.2) is 0 Å². The predicted molar refractivity (Wildman–Crippen MR) is 122 cm³/mol. The third-order valence-corrected chi connectivity index (χ3v) is 6.08. The molecule has 1 saturated heterocycles. The number of anilines is 1. The molecule has 0 N–H and O–H groups in total. The van der Waals surface area contributed by atoms with E-state index >= 15 is 0 Å². The van der Waals surface area contributed by atoms with Crippen molar-refractivity contribution in [2.75, 3.05) is 50.5 Å². The van der Waals surface area contributed by atoms with E-state index in [1.807, 2.05) is 24.3 Å². The van der Waals surface area contributed by atoms with E-state index in [0.717, 1.165) is 23.2 Å². The van der Waals surface area contributed by atoms with E-state index in [9.17, 15) is 19.7 Å². The molecule has 2 aromatic rings. The first kappa shape index (κ1) is 23.4. The Morgan fingerprint density at radius 2 is 1.84 bits per heavy atom. The van der Waals surface area contributed by atoms with Crippen molar-refractivity contribution in [1.82, 2.24) is 4.90 Å². The van der Waals surface area contributed by atoms with Gasteiger partial charge in [0, 0.05) is 37.8 Å². The molecule has 0 spiro atoms. The van der Waals surface area contributed by atoms with Crippen molar-refractivity contribution in [3.8, 4) is 5.75 Å². The van der Waals surface area contributed by atoms with Crippen LogP contribution in [0.5, 0.6) is 5.75 Å². The van der Waals surface area contributed by atoms with Crippen LogP contribution in [-0.2, 0) is 9.53 Å². The van der Waals surface area contributed by atoms with Crippen molar-refractivity contribution < 1.29 is 24.0 Å². The first-order chi connectivity index (χ1) is 15.4. The summed E-state index contributed by atoms with van der Waals surface area (Å²) < 4.78 is 10.3. The number of nitro benzene ring substituents is 1. The quantitative estimate of drug-likeness (QED) is 0.257. The van der Waals surface area contributed by atoms with Crippen molar-refractivity contribution in [3.05, 3.63) is 58.1 Å². The Balaban J connectivity index is 1.68. The Morgan fingerprint density at radius 3 is 2.50 bits per heavy atom. The van der Waals surface area contributed by atoms with Crippen LogP contribution in [0.25, 0.3) is 0 Å². The molecule has 0 bridgehead atoms. The number of nitrogens with zero attached hydrogens (tertiary/aromatic N) is 3. The first-order valence-electron chi connectivity index (χ1n) is 10.2. The summed E-state index contributed by atoms with van der Waals surface area (Å²) >= 11 is 1.02. The van der Waals surface area contributed by atoms with E-state index in [1.54, 1.807) is 25.0 Å². The van der Waals surface area contributed by atoms with E-state index in [4.69, 9.17) is 9.47 Å². The van der Waals surface area contributed by atoms with Gasteiger partial charge in [0.2, 0.25) is 0 Å². The molecule has 0 radical (unpaired) electrons. The van der Waals surface area contributed by atoms with E-state index in [1.165, 1.54) is 12.1 Å². The van der Waals surface area contributed by atoms with Crippen molar-refractivity contribution in [2.45, 2.75) is 11.8 Å². The van der Waals surface area contributed by atoms with E-state index in [-0.39, 0.29) is 29.5 Å². The van der Waals surface area contributed by atoms with Gasteiger partial charge in [0.05, 0.1) is 35.0 Å². The number of para-hydroxylation sites is 2. The number of methoxy groups -OCH3 is 1. The molecule has 9 nitrogen and oxygen atoms in total. The zero-order chi connectivity index (χ0) is 23.1. The first-order valence-corrected chi connectivity index (χ1v) is 11.2. The lowest BCUT2D eigenvalue weighted by Crippen LogP contribution is -2.48. The molecule has 0 aromatic heterocycles. The van der Waals surface area contributed by atoms with Gasteiger partial charge in [-0.1, -0.05) is 12.1 Å². The van der Waals surface area contributed by atoms with E-state index in [2.05, 4.69) is 4.90 Å². The second-order valence-corrected chi connectivity index (χ2v) is 8.00. The number of hydrogen-bond donors (Lipinski definition) is 0. The largest absolute Gasteiger partial charge is 0.495 e. The SMILES string of the molecule is CCOC(=O)CSc1ccc(C(=O)N2CCN(c3ccccc3OC)CC2)cc1[N+](=O)[O-]. The van der Waals surface area contributed by atoms with Crippen LogP contribution < -0.4 is 9.64 Å². The predicted octanol–water partition coefficient (Wildman–Crippen LogP) is 3.22. The molecule has 1 fully saturated rings. The lowest BCUT2D eigenvalue weighted by molar-refractivity contribution is -0.387. The number of benzene rings is 2. The number of carbonyl (C=O) groups excluding carboxylic acids is 2. The van der Waals surface area contributed by atoms with Gasteiger partial charge >= 0.3 is 5.97 Å². The van der Waals surface area contributed by atoms with Gasteiger partial charge in [0.25, 0.3) is 11.6 Å². The second kappa shape index (κ2) is 10.9. The fraction of sp³-hybridized carbons (Fsp3) is 0.364. The summed E-state index contributed by atoms with van der Waals surface area (Å²) in [6.45, 7) is 4.18. The Bertz CT molecular complexity index is 991. The Morgan fingerprint density at radius 1 is 1.12 bits per heavy atom. The van der Waals surface area contributed by atoms with Crippen molar-refractivity contribution in [2.24, 2.45) is 0 Å². The van der Waals surface area contributed by atoms with Gasteiger partial charge in [0.1, 0.15) is 5.75 Å². The summed E-state index contributed by atoms with van der Waals surface area (Å²) in [6.07, 6.45) is 0. The standard InChI is InChI=1S/C22H25N3O6S/c1-3-31-21(26)15-32-20-9-8-16(14-18(20)25(28)29)22(27)24-12-10-23(11-13-24)17-6-4-5-7-19(17)30-2/h4-9,14H,3,10-13,15H2,1-2H3. The Kier molecular flexibility index (Phi) is 7.93. The number of carbonyl (C=O) groups is 2. The number of piperazine rings is 1. The number of ether oxygens (including phenoxy) is 2. The lowest BCUT2D eigenvalue weighted by atomic mass is 10.1. The minimum atomic E-state index is -0.538. The second-order valence-electron chi connectivity index (χ2n) is 6.98. The summed E-state index contributed by atoms with van der Waals surface area (Å²) in [7, 11) is 1.63. The van der Waals surface area contributed by atoms with Crippen LogP contribution in [-0.4, -0.2) is 67.3 Å². The Labute approximate surface area is 190 Å². The molecular formula is C22H25N3O6S. The van der Waals surface area contributed by atoms with Crippen molar-refractivity contribution >= 4 is 35.0 Å². The minimum absolute atomic E-state index is 0.0348. The molecule has 3 rings (SSSR count). The van der Waals surface area contributed by atoms with Gasteiger partial charge in [-0.15, -0.1) is 11.8 Å². The molecule has 0 aliphatic carbocycles. The number of rotatable bonds is 8. The molecule has 170 valence electrons. The smallest absolute Gasteiger partial charge is 0.316 e. The van der Waals surface area contributed by atoms with Crippen LogP contribution in [0.3, 0.4) is 0 Å². The fourth-order valence-electron chi connectivity index (χ4n) is 3.48. The van der Waals surface area contributed by atoms with Crippen LogP contribution in [0.1, 0.15) is 17.3 Å². The maximum absolute atomic E-state index is 13.0. The molecule has 10 heteroatoms. The molecule has 1 aliphatic rings. The number of amides is 1. The van der Waals surface area contributed by atoms with Crippen molar-refractivity contribution in [1.29, 1.82) is 0 Å². The van der Waals surface area contributed by atoms with Gasteiger partial charge < -0.3 is 19.3 Å². The summed E-state index contributed by atoms with van der Waals surface area (Å²) in [5, 5.41) is 11.5. The average molecular weight is 460 g/mol. The molecule has 1 heterocycles. The third-order valence-electron chi connectivity index (χ3n) is 5.05. The van der Waals surface area contributed by atoms with E-state index in [0.29, 0.717) is 31.1 Å². The maximum atomic E-state index is 13.0. The molecule has 0 saturated carbocycles. The number of nitro groups is 1. The molecule has 1 amide bonds.